The maximum absolute atomic E-state index is 13.0. The first kappa shape index (κ1) is 23.3. The van der Waals surface area contributed by atoms with Gasteiger partial charge in [-0.3, -0.25) is 14.8 Å². The molecule has 9 heteroatoms. The molecule has 0 fully saturated rings. The monoisotopic (exact) mass is 498 g/mol. The third-order valence-electron chi connectivity index (χ3n) is 5.84. The van der Waals surface area contributed by atoms with Crippen LogP contribution in [0.5, 0.6) is 0 Å². The Morgan fingerprint density at radius 1 is 0.917 bits per heavy atom. The summed E-state index contributed by atoms with van der Waals surface area (Å²) in [6, 6.07) is 28.2. The molecule has 0 aliphatic carbocycles. The quantitative estimate of drug-likeness (QED) is 0.226. The molecule has 1 aromatic heterocycles. The topological polar surface area (TPSA) is 107 Å². The zero-order chi connectivity index (χ0) is 25.3. The van der Waals surface area contributed by atoms with E-state index in [0.29, 0.717) is 17.9 Å². The molecule has 8 nitrogen and oxygen atoms in total. The third kappa shape index (κ3) is 4.56. The Hall–Kier alpha value is -4.50. The summed E-state index contributed by atoms with van der Waals surface area (Å²) in [5, 5.41) is 11.4. The minimum atomic E-state index is -4.19. The Labute approximate surface area is 208 Å². The number of rotatable bonds is 7. The summed E-state index contributed by atoms with van der Waals surface area (Å²) in [6.07, 6.45) is 0. The average molecular weight is 499 g/mol. The van der Waals surface area contributed by atoms with E-state index in [1.54, 1.807) is 18.2 Å². The van der Waals surface area contributed by atoms with Gasteiger partial charge in [0.15, 0.2) is 4.90 Å². The van der Waals surface area contributed by atoms with Crippen LogP contribution in [0.2, 0.25) is 0 Å². The predicted octanol–water partition coefficient (Wildman–Crippen LogP) is 5.77. The summed E-state index contributed by atoms with van der Waals surface area (Å²) < 4.78 is 30.6. The van der Waals surface area contributed by atoms with Gasteiger partial charge in [-0.2, -0.15) is 0 Å². The van der Waals surface area contributed by atoms with Crippen molar-refractivity contribution < 1.29 is 13.3 Å². The number of imidazole rings is 1. The fourth-order valence-electron chi connectivity index (χ4n) is 4.10. The van der Waals surface area contributed by atoms with Crippen LogP contribution in [0.3, 0.4) is 0 Å². The largest absolute Gasteiger partial charge is 0.319 e. The molecular weight excluding hydrogens is 476 g/mol. The predicted molar refractivity (Wildman–Crippen MR) is 139 cm³/mol. The molecule has 5 rings (SSSR count). The molecule has 0 radical (unpaired) electrons. The molecule has 0 spiro atoms. The van der Waals surface area contributed by atoms with Crippen molar-refractivity contribution in [2.24, 2.45) is 0 Å². The molecule has 0 saturated carbocycles. The molecule has 0 amide bonds. The number of hydrogen-bond donors (Lipinski definition) is 1. The van der Waals surface area contributed by atoms with Crippen LogP contribution in [0.1, 0.15) is 11.1 Å². The standard InChI is InChI=1S/C27H22N4O4S/c1-19-13-15-20(16-14-19)18-30-24-10-3-2-9-23(24)28-27(30)21-7-6-8-22(17-21)29-36(34,35)26-12-5-4-11-25(26)31(32)33/h2-17,29H,18H2,1H3. The fraction of sp³-hybridized carbons (Fsp3) is 0.0741. The van der Waals surface area contributed by atoms with Crippen molar-refractivity contribution in [3.05, 3.63) is 118 Å². The zero-order valence-corrected chi connectivity index (χ0v) is 20.1. The Bertz CT molecular complexity index is 1690. The van der Waals surface area contributed by atoms with Gasteiger partial charge in [-0.25, -0.2) is 13.4 Å². The van der Waals surface area contributed by atoms with Crippen LogP contribution in [-0.2, 0) is 16.6 Å². The Balaban J connectivity index is 1.55. The zero-order valence-electron chi connectivity index (χ0n) is 19.3. The van der Waals surface area contributed by atoms with Crippen LogP contribution in [-0.4, -0.2) is 22.9 Å². The maximum Gasteiger partial charge on any atom is 0.289 e. The lowest BCUT2D eigenvalue weighted by Crippen LogP contribution is -2.14. The number of fused-ring (bicyclic) bond motifs is 1. The van der Waals surface area contributed by atoms with Crippen LogP contribution >= 0.6 is 0 Å². The molecule has 0 atom stereocenters. The first-order chi connectivity index (χ1) is 17.3. The minimum absolute atomic E-state index is 0.277. The molecule has 5 aromatic rings. The van der Waals surface area contributed by atoms with Crippen molar-refractivity contribution in [1.82, 2.24) is 9.55 Å². The van der Waals surface area contributed by atoms with E-state index in [1.807, 2.05) is 37.3 Å². The maximum atomic E-state index is 13.0. The molecule has 0 aliphatic heterocycles. The first-order valence-corrected chi connectivity index (χ1v) is 12.7. The van der Waals surface area contributed by atoms with Gasteiger partial charge in [0.2, 0.25) is 0 Å². The van der Waals surface area contributed by atoms with Crippen molar-refractivity contribution in [3.63, 3.8) is 0 Å². The van der Waals surface area contributed by atoms with Crippen molar-refractivity contribution in [2.45, 2.75) is 18.4 Å². The number of nitro groups is 1. The van der Waals surface area contributed by atoms with Crippen LogP contribution in [0.15, 0.2) is 102 Å². The summed E-state index contributed by atoms with van der Waals surface area (Å²) >= 11 is 0. The van der Waals surface area contributed by atoms with Gasteiger partial charge in [-0.15, -0.1) is 0 Å². The van der Waals surface area contributed by atoms with E-state index in [4.69, 9.17) is 4.98 Å². The lowest BCUT2D eigenvalue weighted by atomic mass is 10.1. The SMILES string of the molecule is Cc1ccc(Cn2c(-c3cccc(NS(=O)(=O)c4ccccc4[N+](=O)[O-])c3)nc3ccccc32)cc1. The van der Waals surface area contributed by atoms with Crippen molar-refractivity contribution in [1.29, 1.82) is 0 Å². The second-order valence-corrected chi connectivity index (χ2v) is 10.1. The van der Waals surface area contributed by atoms with Crippen molar-refractivity contribution in [2.75, 3.05) is 4.72 Å². The van der Waals surface area contributed by atoms with Gasteiger partial charge in [0, 0.05) is 23.9 Å². The molecule has 0 bridgehead atoms. The number of nitro benzene ring substituents is 1. The number of nitrogens with zero attached hydrogens (tertiary/aromatic N) is 3. The van der Waals surface area contributed by atoms with E-state index in [1.165, 1.54) is 29.8 Å². The molecule has 0 saturated heterocycles. The normalized spacial score (nSPS) is 11.5. The summed E-state index contributed by atoms with van der Waals surface area (Å²) in [4.78, 5) is 15.1. The minimum Gasteiger partial charge on any atom is -0.319 e. The number of hydrogen-bond acceptors (Lipinski definition) is 5. The molecule has 1 heterocycles. The number of aryl methyl sites for hydroxylation is 1. The van der Waals surface area contributed by atoms with E-state index in [9.17, 15) is 18.5 Å². The van der Waals surface area contributed by atoms with Crippen LogP contribution in [0, 0.1) is 17.0 Å². The van der Waals surface area contributed by atoms with E-state index >= 15 is 0 Å². The molecule has 4 aromatic carbocycles. The fourth-order valence-corrected chi connectivity index (χ4v) is 5.32. The number of nitrogens with one attached hydrogen (secondary N) is 1. The summed E-state index contributed by atoms with van der Waals surface area (Å²) in [5.74, 6) is 0.684. The van der Waals surface area contributed by atoms with Gasteiger partial charge in [0.1, 0.15) is 5.82 Å². The van der Waals surface area contributed by atoms with Gasteiger partial charge < -0.3 is 4.57 Å². The number of benzene rings is 4. The highest BCUT2D eigenvalue weighted by Gasteiger charge is 2.25. The van der Waals surface area contributed by atoms with Crippen LogP contribution in [0.25, 0.3) is 22.4 Å². The second-order valence-electron chi connectivity index (χ2n) is 8.41. The van der Waals surface area contributed by atoms with Gasteiger partial charge in [0.05, 0.1) is 16.0 Å². The molecular formula is C27H22N4O4S. The van der Waals surface area contributed by atoms with E-state index in [0.717, 1.165) is 16.6 Å². The van der Waals surface area contributed by atoms with E-state index in [-0.39, 0.29) is 5.69 Å². The highest BCUT2D eigenvalue weighted by atomic mass is 32.2. The number of aromatic nitrogens is 2. The van der Waals surface area contributed by atoms with Gasteiger partial charge in [-0.05, 0) is 42.8 Å². The Morgan fingerprint density at radius 3 is 2.42 bits per heavy atom. The Morgan fingerprint density at radius 2 is 1.64 bits per heavy atom. The lowest BCUT2D eigenvalue weighted by molar-refractivity contribution is -0.387. The molecule has 1 N–H and O–H groups in total. The highest BCUT2D eigenvalue weighted by molar-refractivity contribution is 7.92. The number of anilines is 1. The highest BCUT2D eigenvalue weighted by Crippen LogP contribution is 2.30. The number of para-hydroxylation sites is 3. The van der Waals surface area contributed by atoms with Gasteiger partial charge >= 0.3 is 0 Å². The first-order valence-electron chi connectivity index (χ1n) is 11.2. The summed E-state index contributed by atoms with van der Waals surface area (Å²) in [5.41, 5.74) is 4.57. The van der Waals surface area contributed by atoms with Crippen LogP contribution in [0.4, 0.5) is 11.4 Å². The molecule has 0 unspecified atom stereocenters. The smallest absolute Gasteiger partial charge is 0.289 e. The second kappa shape index (κ2) is 9.27. The molecule has 0 aliphatic rings. The van der Waals surface area contributed by atoms with E-state index in [2.05, 4.69) is 33.6 Å². The Kier molecular flexibility index (Phi) is 5.99. The molecule has 180 valence electrons. The summed E-state index contributed by atoms with van der Waals surface area (Å²) in [7, 11) is -4.19. The average Bonchev–Trinajstić information content (AvgIpc) is 3.24. The van der Waals surface area contributed by atoms with E-state index < -0.39 is 25.5 Å². The third-order valence-corrected chi connectivity index (χ3v) is 7.27. The number of sulfonamides is 1. The van der Waals surface area contributed by atoms with Gasteiger partial charge in [-0.1, -0.05) is 66.2 Å². The van der Waals surface area contributed by atoms with Crippen LogP contribution < -0.4 is 4.72 Å². The molecule has 36 heavy (non-hydrogen) atoms. The lowest BCUT2D eigenvalue weighted by Gasteiger charge is -2.12. The van der Waals surface area contributed by atoms with Crippen molar-refractivity contribution in [3.8, 4) is 11.4 Å². The van der Waals surface area contributed by atoms with Gasteiger partial charge in [0.25, 0.3) is 15.7 Å². The summed E-state index contributed by atoms with van der Waals surface area (Å²) in [6.45, 7) is 2.63. The van der Waals surface area contributed by atoms with Crippen molar-refractivity contribution >= 4 is 32.4 Å².